The average molecular weight is 285 g/mol. The summed E-state index contributed by atoms with van der Waals surface area (Å²) < 4.78 is 27.1. The zero-order valence-corrected chi connectivity index (χ0v) is 11.2. The van der Waals surface area contributed by atoms with Crippen LogP contribution >= 0.6 is 0 Å². The van der Waals surface area contributed by atoms with E-state index in [-0.39, 0.29) is 11.4 Å². The Kier molecular flexibility index (Phi) is 2.75. The number of halogens is 2. The second-order valence-corrected chi connectivity index (χ2v) is 5.26. The first-order valence-electron chi connectivity index (χ1n) is 6.86. The maximum atomic E-state index is 13.8. The molecule has 0 radical (unpaired) electrons. The number of hydrogen-bond donors (Lipinski definition) is 2. The van der Waals surface area contributed by atoms with E-state index in [1.54, 1.807) is 0 Å². The number of aromatic nitrogens is 2. The number of nitrogens with zero attached hydrogens (tertiary/aromatic N) is 1. The molecule has 1 aromatic heterocycles. The van der Waals surface area contributed by atoms with Crippen LogP contribution in [0.5, 0.6) is 0 Å². The fraction of sp³-hybridized carbons (Fsp3) is 0.188. The lowest BCUT2D eigenvalue weighted by Crippen LogP contribution is -2.29. The SMILES string of the molecule is Fc1ccc2[nH]c(C3CNCc4ccccc43)nc2c1F. The summed E-state index contributed by atoms with van der Waals surface area (Å²) in [5.41, 5.74) is 2.97. The Morgan fingerprint density at radius 1 is 1.10 bits per heavy atom. The molecule has 1 unspecified atom stereocenters. The predicted octanol–water partition coefficient (Wildman–Crippen LogP) is 3.08. The van der Waals surface area contributed by atoms with Crippen molar-refractivity contribution in [3.8, 4) is 0 Å². The van der Waals surface area contributed by atoms with Crippen LogP contribution in [0.4, 0.5) is 8.78 Å². The van der Waals surface area contributed by atoms with Crippen molar-refractivity contribution in [2.24, 2.45) is 0 Å². The third-order valence-corrected chi connectivity index (χ3v) is 3.99. The van der Waals surface area contributed by atoms with Crippen molar-refractivity contribution in [1.29, 1.82) is 0 Å². The molecule has 3 aromatic rings. The van der Waals surface area contributed by atoms with Crippen molar-refractivity contribution in [1.82, 2.24) is 15.3 Å². The second kappa shape index (κ2) is 4.63. The Hall–Kier alpha value is -2.27. The normalized spacial score (nSPS) is 17.9. The highest BCUT2D eigenvalue weighted by atomic mass is 19.2. The maximum Gasteiger partial charge on any atom is 0.186 e. The number of imidazole rings is 1. The molecule has 5 heteroatoms. The van der Waals surface area contributed by atoms with E-state index in [0.29, 0.717) is 11.3 Å². The Bertz CT molecular complexity index is 826. The standard InChI is InChI=1S/C16H13F2N3/c17-12-5-6-13-15(14(12)18)21-16(20-13)11-8-19-7-9-3-1-2-4-10(9)11/h1-6,11,19H,7-8H2,(H,20,21). The minimum absolute atomic E-state index is 0.0183. The zero-order chi connectivity index (χ0) is 14.4. The fourth-order valence-corrected chi connectivity index (χ4v) is 2.94. The second-order valence-electron chi connectivity index (χ2n) is 5.26. The van der Waals surface area contributed by atoms with Crippen molar-refractivity contribution in [3.63, 3.8) is 0 Å². The molecule has 1 atom stereocenters. The molecule has 1 aliphatic rings. The van der Waals surface area contributed by atoms with Crippen molar-refractivity contribution in [2.45, 2.75) is 12.5 Å². The van der Waals surface area contributed by atoms with E-state index < -0.39 is 11.6 Å². The largest absolute Gasteiger partial charge is 0.341 e. The Morgan fingerprint density at radius 2 is 1.95 bits per heavy atom. The third kappa shape index (κ3) is 1.93. The first-order valence-corrected chi connectivity index (χ1v) is 6.86. The van der Waals surface area contributed by atoms with Gasteiger partial charge in [0.25, 0.3) is 0 Å². The molecule has 0 saturated heterocycles. The smallest absolute Gasteiger partial charge is 0.186 e. The van der Waals surface area contributed by atoms with Gasteiger partial charge in [-0.3, -0.25) is 0 Å². The summed E-state index contributed by atoms with van der Waals surface area (Å²) in [6.45, 7) is 1.54. The molecule has 2 N–H and O–H groups in total. The van der Waals surface area contributed by atoms with Gasteiger partial charge in [0, 0.05) is 13.1 Å². The highest BCUT2D eigenvalue weighted by Crippen LogP contribution is 2.30. The number of aromatic amines is 1. The van der Waals surface area contributed by atoms with Crippen LogP contribution in [0.3, 0.4) is 0 Å². The van der Waals surface area contributed by atoms with Crippen LogP contribution in [0.25, 0.3) is 11.0 Å². The number of H-pyrrole nitrogens is 1. The summed E-state index contributed by atoms with van der Waals surface area (Å²) in [5, 5.41) is 3.33. The van der Waals surface area contributed by atoms with Gasteiger partial charge in [-0.2, -0.15) is 0 Å². The Morgan fingerprint density at radius 3 is 2.86 bits per heavy atom. The fourth-order valence-electron chi connectivity index (χ4n) is 2.94. The zero-order valence-electron chi connectivity index (χ0n) is 11.2. The van der Waals surface area contributed by atoms with E-state index in [9.17, 15) is 8.78 Å². The summed E-state index contributed by atoms with van der Waals surface area (Å²) >= 11 is 0. The van der Waals surface area contributed by atoms with Crippen molar-refractivity contribution < 1.29 is 8.78 Å². The van der Waals surface area contributed by atoms with Crippen molar-refractivity contribution >= 4 is 11.0 Å². The number of rotatable bonds is 1. The summed E-state index contributed by atoms with van der Waals surface area (Å²) in [4.78, 5) is 7.40. The summed E-state index contributed by atoms with van der Waals surface area (Å²) in [7, 11) is 0. The predicted molar refractivity (Wildman–Crippen MR) is 76.0 cm³/mol. The van der Waals surface area contributed by atoms with E-state index in [4.69, 9.17) is 0 Å². The first-order chi connectivity index (χ1) is 10.2. The highest BCUT2D eigenvalue weighted by molar-refractivity contribution is 5.76. The lowest BCUT2D eigenvalue weighted by molar-refractivity contribution is 0.515. The number of nitrogens with one attached hydrogen (secondary N) is 2. The van der Waals surface area contributed by atoms with Crippen LogP contribution in [-0.2, 0) is 6.54 Å². The van der Waals surface area contributed by atoms with Crippen molar-refractivity contribution in [2.75, 3.05) is 6.54 Å². The number of benzene rings is 2. The summed E-state index contributed by atoms with van der Waals surface area (Å²) in [6, 6.07) is 10.7. The van der Waals surface area contributed by atoms with Gasteiger partial charge in [-0.05, 0) is 23.3 Å². The first kappa shape index (κ1) is 12.5. The molecule has 2 heterocycles. The summed E-state index contributed by atoms with van der Waals surface area (Å²) in [5.74, 6) is -1.09. The number of fused-ring (bicyclic) bond motifs is 2. The Balaban J connectivity index is 1.86. The van der Waals surface area contributed by atoms with Crippen LogP contribution in [-0.4, -0.2) is 16.5 Å². The van der Waals surface area contributed by atoms with Crippen LogP contribution in [0.2, 0.25) is 0 Å². The van der Waals surface area contributed by atoms with Crippen LogP contribution < -0.4 is 5.32 Å². The van der Waals surface area contributed by atoms with Gasteiger partial charge >= 0.3 is 0 Å². The van der Waals surface area contributed by atoms with Gasteiger partial charge in [0.1, 0.15) is 11.3 Å². The molecule has 0 spiro atoms. The van der Waals surface area contributed by atoms with Crippen molar-refractivity contribution in [3.05, 3.63) is 65.0 Å². The molecule has 21 heavy (non-hydrogen) atoms. The van der Waals surface area contributed by atoms with Crippen LogP contribution in [0, 0.1) is 11.6 Å². The topological polar surface area (TPSA) is 40.7 Å². The third-order valence-electron chi connectivity index (χ3n) is 3.99. The van der Waals surface area contributed by atoms with E-state index in [1.165, 1.54) is 17.2 Å². The summed E-state index contributed by atoms with van der Waals surface area (Å²) in [6.07, 6.45) is 0. The molecule has 0 fully saturated rings. The van der Waals surface area contributed by atoms with E-state index in [2.05, 4.69) is 27.4 Å². The van der Waals surface area contributed by atoms with Gasteiger partial charge < -0.3 is 10.3 Å². The molecule has 3 nitrogen and oxygen atoms in total. The lowest BCUT2D eigenvalue weighted by atomic mass is 9.90. The monoisotopic (exact) mass is 285 g/mol. The Labute approximate surface area is 120 Å². The van der Waals surface area contributed by atoms with Crippen LogP contribution in [0.1, 0.15) is 22.9 Å². The van der Waals surface area contributed by atoms with Gasteiger partial charge in [0.05, 0.1) is 11.4 Å². The molecule has 0 amide bonds. The van der Waals surface area contributed by atoms with Gasteiger partial charge in [-0.1, -0.05) is 24.3 Å². The molecule has 0 saturated carbocycles. The molecule has 1 aliphatic heterocycles. The minimum atomic E-state index is -0.896. The molecule has 2 aromatic carbocycles. The molecule has 0 aliphatic carbocycles. The number of hydrogen-bond acceptors (Lipinski definition) is 2. The molecule has 4 rings (SSSR count). The highest BCUT2D eigenvalue weighted by Gasteiger charge is 2.24. The van der Waals surface area contributed by atoms with Gasteiger partial charge in [0.15, 0.2) is 11.6 Å². The van der Waals surface area contributed by atoms with Crippen LogP contribution in [0.15, 0.2) is 36.4 Å². The molecular weight excluding hydrogens is 272 g/mol. The maximum absolute atomic E-state index is 13.8. The quantitative estimate of drug-likeness (QED) is 0.721. The average Bonchev–Trinajstić information content (AvgIpc) is 2.95. The molecule has 106 valence electrons. The molecular formula is C16H13F2N3. The van der Waals surface area contributed by atoms with E-state index in [1.807, 2.05) is 12.1 Å². The van der Waals surface area contributed by atoms with Gasteiger partial charge in [0.2, 0.25) is 0 Å². The minimum Gasteiger partial charge on any atom is -0.341 e. The van der Waals surface area contributed by atoms with E-state index >= 15 is 0 Å². The van der Waals surface area contributed by atoms with E-state index in [0.717, 1.165) is 19.2 Å². The van der Waals surface area contributed by atoms with Gasteiger partial charge in [-0.25, -0.2) is 13.8 Å². The van der Waals surface area contributed by atoms with Gasteiger partial charge in [-0.15, -0.1) is 0 Å². The molecule has 0 bridgehead atoms. The lowest BCUT2D eigenvalue weighted by Gasteiger charge is -2.24.